The summed E-state index contributed by atoms with van der Waals surface area (Å²) in [5, 5.41) is 21.5. The van der Waals surface area contributed by atoms with Gasteiger partial charge in [0.15, 0.2) is 5.00 Å². The van der Waals surface area contributed by atoms with Gasteiger partial charge in [-0.1, -0.05) is 12.8 Å². The van der Waals surface area contributed by atoms with Gasteiger partial charge in [-0.05, 0) is 26.7 Å². The molecule has 0 aliphatic heterocycles. The lowest BCUT2D eigenvalue weighted by Crippen LogP contribution is -2.32. The van der Waals surface area contributed by atoms with Crippen LogP contribution in [0.2, 0.25) is 0 Å². The normalized spacial score (nSPS) is 17.6. The fourth-order valence-electron chi connectivity index (χ4n) is 2.72. The van der Waals surface area contributed by atoms with E-state index in [1.54, 1.807) is 6.92 Å². The molecule has 1 unspecified atom stereocenters. The van der Waals surface area contributed by atoms with Gasteiger partial charge in [0, 0.05) is 23.5 Å². The summed E-state index contributed by atoms with van der Waals surface area (Å²) in [6, 6.07) is 1.92. The highest BCUT2D eigenvalue weighted by Crippen LogP contribution is 2.42. The van der Waals surface area contributed by atoms with Crippen molar-refractivity contribution in [2.45, 2.75) is 51.7 Å². The quantitative estimate of drug-likeness (QED) is 0.664. The van der Waals surface area contributed by atoms with Crippen molar-refractivity contribution in [3.05, 3.63) is 21.1 Å². The standard InChI is InChI=1S/C13H20N2O3S/c1-3-14(10-6-4-5-7-10)13-11(15(17)18)8-12(19-13)9(2)16/h8-10,16H,3-7H2,1-2H3. The number of aliphatic hydroxyl groups is 1. The number of aliphatic hydroxyl groups excluding tert-OH is 1. The molecular formula is C13H20N2O3S. The molecule has 19 heavy (non-hydrogen) atoms. The highest BCUT2D eigenvalue weighted by molar-refractivity contribution is 7.16. The van der Waals surface area contributed by atoms with E-state index in [2.05, 4.69) is 4.90 Å². The summed E-state index contributed by atoms with van der Waals surface area (Å²) in [7, 11) is 0. The van der Waals surface area contributed by atoms with Gasteiger partial charge >= 0.3 is 5.69 Å². The largest absolute Gasteiger partial charge is 0.388 e. The van der Waals surface area contributed by atoms with Crippen molar-refractivity contribution in [3.63, 3.8) is 0 Å². The molecule has 2 rings (SSSR count). The van der Waals surface area contributed by atoms with Crippen molar-refractivity contribution >= 4 is 22.0 Å². The fraction of sp³-hybridized carbons (Fsp3) is 0.692. The van der Waals surface area contributed by atoms with Gasteiger partial charge in [-0.2, -0.15) is 0 Å². The van der Waals surface area contributed by atoms with Crippen LogP contribution in [-0.2, 0) is 0 Å². The second-order valence-corrected chi connectivity index (χ2v) is 6.06. The number of anilines is 1. The van der Waals surface area contributed by atoms with Crippen molar-refractivity contribution in [1.29, 1.82) is 0 Å². The van der Waals surface area contributed by atoms with E-state index in [0.717, 1.165) is 19.4 Å². The molecule has 1 aromatic rings. The predicted molar refractivity (Wildman–Crippen MR) is 76.9 cm³/mol. The predicted octanol–water partition coefficient (Wildman–Crippen LogP) is 3.48. The van der Waals surface area contributed by atoms with Crippen LogP contribution in [-0.4, -0.2) is 22.6 Å². The lowest BCUT2D eigenvalue weighted by atomic mass is 10.2. The zero-order valence-corrected chi connectivity index (χ0v) is 12.2. The van der Waals surface area contributed by atoms with E-state index in [1.807, 2.05) is 6.92 Å². The number of nitro groups is 1. The molecule has 1 heterocycles. The third kappa shape index (κ3) is 2.90. The Balaban J connectivity index is 2.37. The maximum absolute atomic E-state index is 11.2. The molecule has 1 N–H and O–H groups in total. The van der Waals surface area contributed by atoms with Crippen molar-refractivity contribution < 1.29 is 10.0 Å². The monoisotopic (exact) mass is 284 g/mol. The fourth-order valence-corrected chi connectivity index (χ4v) is 3.91. The van der Waals surface area contributed by atoms with E-state index >= 15 is 0 Å². The molecule has 0 spiro atoms. The highest BCUT2D eigenvalue weighted by atomic mass is 32.1. The number of hydrogen-bond donors (Lipinski definition) is 1. The van der Waals surface area contributed by atoms with Gasteiger partial charge in [0.05, 0.1) is 11.0 Å². The highest BCUT2D eigenvalue weighted by Gasteiger charge is 2.30. The Morgan fingerprint density at radius 3 is 2.68 bits per heavy atom. The topological polar surface area (TPSA) is 66.6 Å². The van der Waals surface area contributed by atoms with Crippen LogP contribution in [0.25, 0.3) is 0 Å². The van der Waals surface area contributed by atoms with Crippen LogP contribution in [0, 0.1) is 10.1 Å². The maximum atomic E-state index is 11.2. The zero-order chi connectivity index (χ0) is 14.0. The summed E-state index contributed by atoms with van der Waals surface area (Å²) < 4.78 is 0. The Labute approximate surface area is 117 Å². The van der Waals surface area contributed by atoms with Crippen LogP contribution in [0.4, 0.5) is 10.7 Å². The average molecular weight is 284 g/mol. The first-order valence-electron chi connectivity index (χ1n) is 6.77. The van der Waals surface area contributed by atoms with E-state index < -0.39 is 6.10 Å². The van der Waals surface area contributed by atoms with Crippen LogP contribution in [0.5, 0.6) is 0 Å². The van der Waals surface area contributed by atoms with Gasteiger partial charge in [-0.3, -0.25) is 10.1 Å². The molecule has 1 aromatic heterocycles. The number of hydrogen-bond acceptors (Lipinski definition) is 5. The lowest BCUT2D eigenvalue weighted by molar-refractivity contribution is -0.383. The smallest absolute Gasteiger partial charge is 0.304 e. The molecule has 106 valence electrons. The molecule has 0 bridgehead atoms. The molecule has 5 nitrogen and oxygen atoms in total. The number of thiophene rings is 1. The molecule has 0 saturated heterocycles. The molecule has 1 fully saturated rings. The Hall–Kier alpha value is -1.14. The third-order valence-electron chi connectivity index (χ3n) is 3.69. The first-order chi connectivity index (χ1) is 9.04. The number of nitrogens with zero attached hydrogens (tertiary/aromatic N) is 2. The molecule has 0 aromatic carbocycles. The summed E-state index contributed by atoms with van der Waals surface area (Å²) in [6.45, 7) is 4.44. The van der Waals surface area contributed by atoms with E-state index in [-0.39, 0.29) is 10.6 Å². The minimum atomic E-state index is -0.653. The first-order valence-corrected chi connectivity index (χ1v) is 7.59. The minimum Gasteiger partial charge on any atom is -0.388 e. The van der Waals surface area contributed by atoms with Gasteiger partial charge in [0.25, 0.3) is 0 Å². The van der Waals surface area contributed by atoms with Gasteiger partial charge in [0.1, 0.15) is 0 Å². The minimum absolute atomic E-state index is 0.134. The van der Waals surface area contributed by atoms with E-state index in [4.69, 9.17) is 0 Å². The second-order valence-electron chi connectivity index (χ2n) is 5.00. The molecule has 1 aliphatic rings. The van der Waals surface area contributed by atoms with E-state index in [9.17, 15) is 15.2 Å². The van der Waals surface area contributed by atoms with E-state index in [0.29, 0.717) is 15.9 Å². The summed E-state index contributed by atoms with van der Waals surface area (Å²) in [6.07, 6.45) is 3.95. The van der Waals surface area contributed by atoms with Crippen LogP contribution in [0.3, 0.4) is 0 Å². The Morgan fingerprint density at radius 2 is 2.21 bits per heavy atom. The Kier molecular flexibility index (Phi) is 4.42. The molecule has 1 atom stereocenters. The molecule has 1 aliphatic carbocycles. The van der Waals surface area contributed by atoms with Crippen molar-refractivity contribution in [2.24, 2.45) is 0 Å². The van der Waals surface area contributed by atoms with Crippen molar-refractivity contribution in [2.75, 3.05) is 11.4 Å². The van der Waals surface area contributed by atoms with Crippen LogP contribution < -0.4 is 4.90 Å². The van der Waals surface area contributed by atoms with Gasteiger partial charge in [-0.15, -0.1) is 11.3 Å². The Morgan fingerprint density at radius 1 is 1.58 bits per heavy atom. The van der Waals surface area contributed by atoms with Crippen LogP contribution in [0.1, 0.15) is 50.5 Å². The molecule has 1 saturated carbocycles. The molecule has 6 heteroatoms. The summed E-state index contributed by atoms with van der Waals surface area (Å²) in [5.74, 6) is 0. The van der Waals surface area contributed by atoms with Crippen LogP contribution >= 0.6 is 11.3 Å². The van der Waals surface area contributed by atoms with Crippen molar-refractivity contribution in [3.8, 4) is 0 Å². The van der Waals surface area contributed by atoms with Gasteiger partial charge < -0.3 is 10.0 Å². The maximum Gasteiger partial charge on any atom is 0.304 e. The molecule has 0 radical (unpaired) electrons. The average Bonchev–Trinajstić information content (AvgIpc) is 2.98. The van der Waals surface area contributed by atoms with E-state index in [1.165, 1.54) is 30.2 Å². The lowest BCUT2D eigenvalue weighted by Gasteiger charge is -2.27. The zero-order valence-electron chi connectivity index (χ0n) is 11.3. The summed E-state index contributed by atoms with van der Waals surface area (Å²) in [4.78, 5) is 13.7. The van der Waals surface area contributed by atoms with Gasteiger partial charge in [-0.25, -0.2) is 0 Å². The number of rotatable bonds is 5. The SMILES string of the molecule is CCN(c1sc(C(C)O)cc1[N+](=O)[O-])C1CCCC1. The Bertz CT molecular complexity index is 453. The van der Waals surface area contributed by atoms with Crippen molar-refractivity contribution in [1.82, 2.24) is 0 Å². The summed E-state index contributed by atoms with van der Waals surface area (Å²) in [5.41, 5.74) is 0.134. The third-order valence-corrected chi connectivity index (χ3v) is 5.02. The van der Waals surface area contributed by atoms with Crippen LogP contribution in [0.15, 0.2) is 6.07 Å². The second kappa shape index (κ2) is 5.88. The van der Waals surface area contributed by atoms with Gasteiger partial charge in [0.2, 0.25) is 0 Å². The first kappa shape index (κ1) is 14.3. The summed E-state index contributed by atoms with van der Waals surface area (Å²) >= 11 is 1.35. The molecular weight excluding hydrogens is 264 g/mol. The molecule has 0 amide bonds.